The van der Waals surface area contributed by atoms with Crippen molar-refractivity contribution >= 4 is 6.09 Å². The van der Waals surface area contributed by atoms with E-state index >= 15 is 0 Å². The van der Waals surface area contributed by atoms with Gasteiger partial charge in [-0.1, -0.05) is 0 Å². The monoisotopic (exact) mass is 423 g/mol. The highest BCUT2D eigenvalue weighted by molar-refractivity contribution is 5.66. The first-order valence-electron chi connectivity index (χ1n) is 10.0. The van der Waals surface area contributed by atoms with Crippen molar-refractivity contribution in [1.82, 2.24) is 14.4 Å². The van der Waals surface area contributed by atoms with E-state index in [-0.39, 0.29) is 6.04 Å². The predicted molar refractivity (Wildman–Crippen MR) is 109 cm³/mol. The number of carboxylic acid groups (broad SMARTS) is 1. The highest BCUT2D eigenvalue weighted by atomic mass is 19.4. The van der Waals surface area contributed by atoms with Crippen LogP contribution in [-0.2, 0) is 12.7 Å². The molecule has 5 nitrogen and oxygen atoms in total. The summed E-state index contributed by atoms with van der Waals surface area (Å²) in [6.45, 7) is 8.07. The molecule has 1 fully saturated rings. The first kappa shape index (κ1) is 22.2. The van der Waals surface area contributed by atoms with E-state index in [2.05, 4.69) is 4.90 Å². The summed E-state index contributed by atoms with van der Waals surface area (Å²) >= 11 is 0. The fourth-order valence-electron chi connectivity index (χ4n) is 4.10. The number of amides is 1. The summed E-state index contributed by atoms with van der Waals surface area (Å²) in [5.41, 5.74) is 0.652. The molecular formula is C22H28F3N3O2. The van der Waals surface area contributed by atoms with Crippen molar-refractivity contribution in [1.29, 1.82) is 0 Å². The maximum absolute atomic E-state index is 12.7. The lowest BCUT2D eigenvalue weighted by Gasteiger charge is -2.43. The van der Waals surface area contributed by atoms with Gasteiger partial charge in [-0.2, -0.15) is 13.2 Å². The number of halogens is 3. The zero-order valence-corrected chi connectivity index (χ0v) is 17.5. The minimum absolute atomic E-state index is 0.00972. The number of benzene rings is 1. The predicted octanol–water partition coefficient (Wildman–Crippen LogP) is 5.24. The Morgan fingerprint density at radius 2 is 1.70 bits per heavy atom. The molecule has 1 aromatic carbocycles. The minimum atomic E-state index is -4.34. The summed E-state index contributed by atoms with van der Waals surface area (Å²) in [5.74, 6) is 0. The molecular weight excluding hydrogens is 395 g/mol. The Kier molecular flexibility index (Phi) is 6.17. The van der Waals surface area contributed by atoms with Crippen LogP contribution in [0, 0.1) is 0 Å². The topological polar surface area (TPSA) is 48.7 Å². The summed E-state index contributed by atoms with van der Waals surface area (Å²) in [6.07, 6.45) is 0.112. The van der Waals surface area contributed by atoms with Gasteiger partial charge in [-0.05, 0) is 69.5 Å². The van der Waals surface area contributed by atoms with Crippen LogP contribution in [0.5, 0.6) is 0 Å². The van der Waals surface area contributed by atoms with Gasteiger partial charge < -0.3 is 14.6 Å². The summed E-state index contributed by atoms with van der Waals surface area (Å²) in [7, 11) is 0. The Bertz CT molecular complexity index is 861. The number of piperidine rings is 1. The van der Waals surface area contributed by atoms with Crippen LogP contribution in [-0.4, -0.2) is 50.2 Å². The second kappa shape index (κ2) is 8.34. The Labute approximate surface area is 174 Å². The van der Waals surface area contributed by atoms with Gasteiger partial charge in [0, 0.05) is 49.3 Å². The van der Waals surface area contributed by atoms with Crippen LogP contribution in [0.3, 0.4) is 0 Å². The van der Waals surface area contributed by atoms with Crippen LogP contribution in [0.25, 0.3) is 5.69 Å². The van der Waals surface area contributed by atoms with Crippen molar-refractivity contribution in [3.8, 4) is 5.69 Å². The van der Waals surface area contributed by atoms with Crippen molar-refractivity contribution in [2.75, 3.05) is 13.1 Å². The number of aromatic nitrogens is 1. The maximum Gasteiger partial charge on any atom is 0.416 e. The van der Waals surface area contributed by atoms with Crippen molar-refractivity contribution in [2.24, 2.45) is 0 Å². The highest BCUT2D eigenvalue weighted by Gasteiger charge is 2.35. The minimum Gasteiger partial charge on any atom is -0.465 e. The molecule has 1 saturated heterocycles. The average Bonchev–Trinajstić information content (AvgIpc) is 3.10. The van der Waals surface area contributed by atoms with Crippen LogP contribution in [0.15, 0.2) is 42.7 Å². The maximum atomic E-state index is 12.7. The third kappa shape index (κ3) is 5.16. The molecule has 1 amide bonds. The van der Waals surface area contributed by atoms with E-state index < -0.39 is 23.4 Å². The van der Waals surface area contributed by atoms with Gasteiger partial charge in [0.05, 0.1) is 5.56 Å². The number of hydrogen-bond acceptors (Lipinski definition) is 2. The number of alkyl halides is 3. The second-order valence-electron chi connectivity index (χ2n) is 8.80. The summed E-state index contributed by atoms with van der Waals surface area (Å²) in [5, 5.41) is 9.58. The number of carbonyl (C=O) groups is 1. The zero-order valence-electron chi connectivity index (χ0n) is 17.5. The van der Waals surface area contributed by atoms with Gasteiger partial charge in [-0.15, -0.1) is 0 Å². The number of nitrogens with zero attached hydrogens (tertiary/aromatic N) is 3. The molecule has 0 aliphatic carbocycles. The molecule has 164 valence electrons. The van der Waals surface area contributed by atoms with Gasteiger partial charge in [0.1, 0.15) is 0 Å². The molecule has 2 aromatic rings. The molecule has 0 bridgehead atoms. The fourth-order valence-corrected chi connectivity index (χ4v) is 4.10. The van der Waals surface area contributed by atoms with E-state index in [0.29, 0.717) is 5.69 Å². The summed E-state index contributed by atoms with van der Waals surface area (Å²) < 4.78 is 40.0. The molecule has 1 aromatic heterocycles. The number of hydrogen-bond donors (Lipinski definition) is 1. The van der Waals surface area contributed by atoms with Crippen molar-refractivity contribution in [3.05, 3.63) is 53.9 Å². The summed E-state index contributed by atoms with van der Waals surface area (Å²) in [4.78, 5) is 15.5. The molecule has 1 N–H and O–H groups in total. The molecule has 3 rings (SSSR count). The third-order valence-corrected chi connectivity index (χ3v) is 5.50. The molecule has 8 heteroatoms. The molecule has 0 spiro atoms. The Morgan fingerprint density at radius 3 is 2.20 bits per heavy atom. The van der Waals surface area contributed by atoms with E-state index in [9.17, 15) is 23.1 Å². The Hall–Kier alpha value is -2.48. The molecule has 1 aliphatic rings. The molecule has 0 unspecified atom stereocenters. The largest absolute Gasteiger partial charge is 0.465 e. The highest BCUT2D eigenvalue weighted by Crippen LogP contribution is 2.30. The Morgan fingerprint density at radius 1 is 1.10 bits per heavy atom. The smallest absolute Gasteiger partial charge is 0.416 e. The van der Waals surface area contributed by atoms with Crippen LogP contribution in [0.1, 0.15) is 44.7 Å². The SMILES string of the molecule is CC(C)(C)N(C(=O)O)C1CCN(Cc2ccn(-c3ccc(C(F)(F)F)cc3)c2)CC1. The lowest BCUT2D eigenvalue weighted by atomic mass is 9.97. The molecule has 0 radical (unpaired) electrons. The standard InChI is InChI=1S/C22H28F3N3O2/c1-21(2,3)28(20(29)30)19-9-11-26(12-10-19)14-16-8-13-27(15-16)18-6-4-17(5-7-18)22(23,24)25/h4-8,13,15,19H,9-12,14H2,1-3H3,(H,29,30). The third-order valence-electron chi connectivity index (χ3n) is 5.50. The lowest BCUT2D eigenvalue weighted by Crippen LogP contribution is -2.54. The fraction of sp³-hybridized carbons (Fsp3) is 0.500. The summed E-state index contributed by atoms with van der Waals surface area (Å²) in [6, 6.07) is 7.07. The van der Waals surface area contributed by atoms with Crippen LogP contribution >= 0.6 is 0 Å². The molecule has 2 heterocycles. The van der Waals surface area contributed by atoms with E-state index in [1.54, 1.807) is 4.90 Å². The van der Waals surface area contributed by atoms with Crippen LogP contribution in [0.2, 0.25) is 0 Å². The molecule has 0 atom stereocenters. The van der Waals surface area contributed by atoms with Crippen molar-refractivity contribution in [2.45, 2.75) is 57.9 Å². The zero-order chi connectivity index (χ0) is 22.1. The van der Waals surface area contributed by atoms with Crippen LogP contribution < -0.4 is 0 Å². The molecule has 1 aliphatic heterocycles. The quantitative estimate of drug-likeness (QED) is 0.732. The number of likely N-dealkylation sites (tertiary alicyclic amines) is 1. The first-order valence-corrected chi connectivity index (χ1v) is 10.0. The van der Waals surface area contributed by atoms with Gasteiger partial charge in [0.25, 0.3) is 0 Å². The molecule has 0 saturated carbocycles. The number of rotatable bonds is 4. The normalized spacial score (nSPS) is 16.6. The van der Waals surface area contributed by atoms with Gasteiger partial charge in [-0.3, -0.25) is 4.90 Å². The van der Waals surface area contributed by atoms with Gasteiger partial charge in [0.15, 0.2) is 0 Å². The van der Waals surface area contributed by atoms with Crippen molar-refractivity contribution in [3.63, 3.8) is 0 Å². The van der Waals surface area contributed by atoms with Gasteiger partial charge in [0.2, 0.25) is 0 Å². The first-order chi connectivity index (χ1) is 13.9. The second-order valence-corrected chi connectivity index (χ2v) is 8.80. The van der Waals surface area contributed by atoms with E-state index in [4.69, 9.17) is 0 Å². The van der Waals surface area contributed by atoms with E-state index in [1.807, 2.05) is 43.8 Å². The average molecular weight is 423 g/mol. The Balaban J connectivity index is 1.59. The van der Waals surface area contributed by atoms with Gasteiger partial charge >= 0.3 is 12.3 Å². The lowest BCUT2D eigenvalue weighted by molar-refractivity contribution is -0.137. The van der Waals surface area contributed by atoms with E-state index in [1.165, 1.54) is 12.1 Å². The van der Waals surface area contributed by atoms with E-state index in [0.717, 1.165) is 50.2 Å². The van der Waals surface area contributed by atoms with Crippen molar-refractivity contribution < 1.29 is 23.1 Å². The molecule has 30 heavy (non-hydrogen) atoms. The van der Waals surface area contributed by atoms with Crippen LogP contribution in [0.4, 0.5) is 18.0 Å². The van der Waals surface area contributed by atoms with Gasteiger partial charge in [-0.25, -0.2) is 4.79 Å².